The van der Waals surface area contributed by atoms with Crippen molar-refractivity contribution in [3.8, 4) is 0 Å². The third-order valence-corrected chi connectivity index (χ3v) is 5.02. The highest BCUT2D eigenvalue weighted by atomic mass is 16.7. The fourth-order valence-corrected chi connectivity index (χ4v) is 3.07. The van der Waals surface area contributed by atoms with E-state index in [1.807, 2.05) is 6.92 Å². The number of carbonyl (C=O) groups is 2. The Balaban J connectivity index is 3.61. The highest BCUT2D eigenvalue weighted by Crippen LogP contribution is 2.15. The summed E-state index contributed by atoms with van der Waals surface area (Å²) in [6.45, 7) is 9.28. The van der Waals surface area contributed by atoms with E-state index in [9.17, 15) is 9.59 Å². The van der Waals surface area contributed by atoms with E-state index < -0.39 is 5.97 Å². The van der Waals surface area contributed by atoms with Crippen LogP contribution in [0.15, 0.2) is 24.3 Å². The van der Waals surface area contributed by atoms with Crippen molar-refractivity contribution in [2.45, 2.75) is 111 Å². The van der Waals surface area contributed by atoms with Gasteiger partial charge in [0.25, 0.3) is 5.91 Å². The molecule has 1 N–H and O–H groups in total. The monoisotopic (exact) mass is 393 g/mol. The largest absolute Gasteiger partial charge is 0.358 e. The van der Waals surface area contributed by atoms with Gasteiger partial charge in [-0.1, -0.05) is 83.9 Å². The first-order valence-corrected chi connectivity index (χ1v) is 11.3. The van der Waals surface area contributed by atoms with Gasteiger partial charge in [-0.15, -0.1) is 0 Å². The van der Waals surface area contributed by atoms with E-state index in [-0.39, 0.29) is 17.4 Å². The van der Waals surface area contributed by atoms with Crippen LogP contribution in [0.5, 0.6) is 0 Å². The van der Waals surface area contributed by atoms with E-state index in [2.05, 4.69) is 31.1 Å². The van der Waals surface area contributed by atoms with Gasteiger partial charge in [0.05, 0.1) is 0 Å². The molecule has 1 amide bonds. The van der Waals surface area contributed by atoms with Gasteiger partial charge in [-0.2, -0.15) is 5.48 Å². The number of hydroxylamine groups is 1. The van der Waals surface area contributed by atoms with Gasteiger partial charge in [-0.25, -0.2) is 4.79 Å². The molecule has 0 radical (unpaired) electrons. The Labute approximate surface area is 173 Å². The summed E-state index contributed by atoms with van der Waals surface area (Å²) < 4.78 is 0. The Morgan fingerprint density at radius 2 is 1.43 bits per heavy atom. The maximum atomic E-state index is 12.0. The standard InChI is InChI=1S/C24H43NO3/c1-5-7-8-9-10-11-12-13-14-15-16-17-18-19-20-22(6-2)23(26)25-28-24(27)21(3)4/h13-14,22H,3,5-12,15-20H2,1-2,4H3,(H,25,26). The van der Waals surface area contributed by atoms with Crippen molar-refractivity contribution in [3.05, 3.63) is 24.3 Å². The molecule has 0 aliphatic carbocycles. The fraction of sp³-hybridized carbons (Fsp3) is 0.750. The molecule has 0 rings (SSSR count). The summed E-state index contributed by atoms with van der Waals surface area (Å²) in [5, 5.41) is 0. The summed E-state index contributed by atoms with van der Waals surface area (Å²) in [7, 11) is 0. The smallest absolute Gasteiger partial charge is 0.336 e. The van der Waals surface area contributed by atoms with Crippen LogP contribution in [0.1, 0.15) is 111 Å². The van der Waals surface area contributed by atoms with Crippen molar-refractivity contribution in [3.63, 3.8) is 0 Å². The molecule has 0 heterocycles. The second-order valence-corrected chi connectivity index (χ2v) is 7.76. The predicted molar refractivity (Wildman–Crippen MR) is 118 cm³/mol. The average molecular weight is 394 g/mol. The summed E-state index contributed by atoms with van der Waals surface area (Å²) in [6, 6.07) is 0. The number of nitrogens with one attached hydrogen (secondary N) is 1. The maximum Gasteiger partial charge on any atom is 0.358 e. The van der Waals surface area contributed by atoms with Crippen LogP contribution in [0.25, 0.3) is 0 Å². The molecule has 1 atom stereocenters. The molecule has 1 unspecified atom stereocenters. The molecule has 162 valence electrons. The Kier molecular flexibility index (Phi) is 17.7. The molecule has 0 bridgehead atoms. The van der Waals surface area contributed by atoms with Crippen molar-refractivity contribution in [1.82, 2.24) is 5.48 Å². The van der Waals surface area contributed by atoms with Crippen molar-refractivity contribution in [2.75, 3.05) is 0 Å². The van der Waals surface area contributed by atoms with Gasteiger partial charge in [0.15, 0.2) is 0 Å². The highest BCUT2D eigenvalue weighted by Gasteiger charge is 2.17. The number of amides is 1. The van der Waals surface area contributed by atoms with Crippen LogP contribution >= 0.6 is 0 Å². The number of hydrogen-bond acceptors (Lipinski definition) is 3. The van der Waals surface area contributed by atoms with E-state index >= 15 is 0 Å². The summed E-state index contributed by atoms with van der Waals surface area (Å²) in [5.41, 5.74) is 2.53. The van der Waals surface area contributed by atoms with Crippen LogP contribution in [-0.2, 0) is 14.4 Å². The normalized spacial score (nSPS) is 12.1. The van der Waals surface area contributed by atoms with Crippen LogP contribution in [0.3, 0.4) is 0 Å². The van der Waals surface area contributed by atoms with Crippen LogP contribution in [0.2, 0.25) is 0 Å². The Morgan fingerprint density at radius 3 is 1.96 bits per heavy atom. The zero-order valence-corrected chi connectivity index (χ0v) is 18.6. The number of carbonyl (C=O) groups excluding carboxylic acids is 2. The van der Waals surface area contributed by atoms with Gasteiger partial charge in [0, 0.05) is 11.5 Å². The molecule has 28 heavy (non-hydrogen) atoms. The van der Waals surface area contributed by atoms with E-state index in [0.29, 0.717) is 0 Å². The maximum absolute atomic E-state index is 12.0. The van der Waals surface area contributed by atoms with Gasteiger partial charge in [0.2, 0.25) is 0 Å². The first-order valence-electron chi connectivity index (χ1n) is 11.3. The van der Waals surface area contributed by atoms with Gasteiger partial charge in [0.1, 0.15) is 0 Å². The molecule has 0 aliphatic heterocycles. The lowest BCUT2D eigenvalue weighted by molar-refractivity contribution is -0.156. The molecular formula is C24H43NO3. The van der Waals surface area contributed by atoms with E-state index in [4.69, 9.17) is 4.84 Å². The number of unbranched alkanes of at least 4 members (excludes halogenated alkanes) is 10. The molecule has 0 saturated heterocycles. The van der Waals surface area contributed by atoms with Crippen LogP contribution in [0, 0.1) is 5.92 Å². The third-order valence-electron chi connectivity index (χ3n) is 5.02. The number of allylic oxidation sites excluding steroid dienone is 2. The average Bonchev–Trinajstić information content (AvgIpc) is 2.68. The molecule has 4 nitrogen and oxygen atoms in total. The Bertz CT molecular complexity index is 457. The van der Waals surface area contributed by atoms with Crippen LogP contribution < -0.4 is 5.48 Å². The molecule has 4 heteroatoms. The minimum Gasteiger partial charge on any atom is -0.336 e. The third kappa shape index (κ3) is 15.5. The number of rotatable bonds is 17. The van der Waals surface area contributed by atoms with Gasteiger partial charge in [-0.3, -0.25) is 4.79 Å². The van der Waals surface area contributed by atoms with Crippen molar-refractivity contribution < 1.29 is 14.4 Å². The Hall–Kier alpha value is -1.58. The van der Waals surface area contributed by atoms with E-state index in [0.717, 1.165) is 32.1 Å². The molecular weight excluding hydrogens is 350 g/mol. The summed E-state index contributed by atoms with van der Waals surface area (Å²) in [5.74, 6) is -0.905. The molecule has 0 fully saturated rings. The van der Waals surface area contributed by atoms with Gasteiger partial charge in [-0.05, 0) is 45.4 Å². The van der Waals surface area contributed by atoms with Crippen LogP contribution in [0.4, 0.5) is 0 Å². The lowest BCUT2D eigenvalue weighted by Crippen LogP contribution is -2.32. The SMILES string of the molecule is C=C(C)C(=O)ONC(=O)C(CC)CCCCCCC=CCCCCCCCC. The topological polar surface area (TPSA) is 55.4 Å². The zero-order chi connectivity index (χ0) is 21.0. The highest BCUT2D eigenvalue weighted by molar-refractivity contribution is 5.88. The van der Waals surface area contributed by atoms with Gasteiger partial charge < -0.3 is 4.84 Å². The zero-order valence-electron chi connectivity index (χ0n) is 18.6. The minimum absolute atomic E-state index is 0.102. The van der Waals surface area contributed by atoms with Crippen LogP contribution in [-0.4, -0.2) is 11.9 Å². The van der Waals surface area contributed by atoms with Gasteiger partial charge >= 0.3 is 5.97 Å². The number of hydrogen-bond donors (Lipinski definition) is 1. The Morgan fingerprint density at radius 1 is 0.893 bits per heavy atom. The van der Waals surface area contributed by atoms with Crippen molar-refractivity contribution in [2.24, 2.45) is 5.92 Å². The first kappa shape index (κ1) is 26.4. The molecule has 0 aromatic rings. The predicted octanol–water partition coefficient (Wildman–Crippen LogP) is 6.81. The van der Waals surface area contributed by atoms with E-state index in [1.54, 1.807) is 6.92 Å². The molecule has 0 saturated carbocycles. The molecule has 0 spiro atoms. The van der Waals surface area contributed by atoms with Crippen molar-refractivity contribution >= 4 is 11.9 Å². The summed E-state index contributed by atoms with van der Waals surface area (Å²) in [4.78, 5) is 28.1. The summed E-state index contributed by atoms with van der Waals surface area (Å²) >= 11 is 0. The molecule has 0 aromatic carbocycles. The first-order chi connectivity index (χ1) is 13.5. The molecule has 0 aromatic heterocycles. The molecule has 0 aliphatic rings. The second-order valence-electron chi connectivity index (χ2n) is 7.76. The van der Waals surface area contributed by atoms with E-state index in [1.165, 1.54) is 57.8 Å². The fourth-order valence-electron chi connectivity index (χ4n) is 3.07. The second kappa shape index (κ2) is 18.8. The lowest BCUT2D eigenvalue weighted by atomic mass is 9.97. The van der Waals surface area contributed by atoms with Crippen molar-refractivity contribution in [1.29, 1.82) is 0 Å². The quantitative estimate of drug-likeness (QED) is 0.128. The minimum atomic E-state index is -0.590. The lowest BCUT2D eigenvalue weighted by Gasteiger charge is -2.14. The summed E-state index contributed by atoms with van der Waals surface area (Å²) in [6.07, 6.45) is 21.4.